The SMILES string of the molecule is CCCOc1ccc(C(=O)N/N=C(\C)c2ccc(C3CCCCC3)cc2)cc1. The van der Waals surface area contributed by atoms with E-state index in [9.17, 15) is 4.79 Å². The summed E-state index contributed by atoms with van der Waals surface area (Å²) in [6, 6.07) is 15.8. The van der Waals surface area contributed by atoms with Crippen LogP contribution in [-0.2, 0) is 0 Å². The summed E-state index contributed by atoms with van der Waals surface area (Å²) in [5, 5.41) is 4.27. The summed E-state index contributed by atoms with van der Waals surface area (Å²) in [5.41, 5.74) is 6.46. The number of nitrogens with zero attached hydrogens (tertiary/aromatic N) is 1. The molecule has 0 radical (unpaired) electrons. The fraction of sp³-hybridized carbons (Fsp3) is 0.417. The third-order valence-electron chi connectivity index (χ3n) is 5.32. The van der Waals surface area contributed by atoms with Crippen LogP contribution in [-0.4, -0.2) is 18.2 Å². The molecule has 0 aromatic heterocycles. The summed E-state index contributed by atoms with van der Waals surface area (Å²) in [5.74, 6) is 1.25. The first-order chi connectivity index (χ1) is 13.7. The molecule has 148 valence electrons. The van der Waals surface area contributed by atoms with Gasteiger partial charge >= 0.3 is 0 Å². The lowest BCUT2D eigenvalue weighted by Gasteiger charge is -2.22. The largest absolute Gasteiger partial charge is 0.494 e. The van der Waals surface area contributed by atoms with Gasteiger partial charge in [-0.05, 0) is 67.5 Å². The lowest BCUT2D eigenvalue weighted by molar-refractivity contribution is 0.0955. The highest BCUT2D eigenvalue weighted by Crippen LogP contribution is 2.32. The summed E-state index contributed by atoms with van der Waals surface area (Å²) in [4.78, 5) is 12.3. The summed E-state index contributed by atoms with van der Waals surface area (Å²) < 4.78 is 5.54. The second-order valence-electron chi connectivity index (χ2n) is 7.47. The summed E-state index contributed by atoms with van der Waals surface area (Å²) in [6.45, 7) is 4.65. The van der Waals surface area contributed by atoms with Gasteiger partial charge in [0.05, 0.1) is 12.3 Å². The van der Waals surface area contributed by atoms with Gasteiger partial charge in [0.25, 0.3) is 5.91 Å². The fourth-order valence-corrected chi connectivity index (χ4v) is 3.62. The molecule has 0 heterocycles. The van der Waals surface area contributed by atoms with Crippen molar-refractivity contribution in [2.45, 2.75) is 58.3 Å². The second-order valence-corrected chi connectivity index (χ2v) is 7.47. The van der Waals surface area contributed by atoms with Gasteiger partial charge < -0.3 is 4.74 Å². The molecule has 3 rings (SSSR count). The van der Waals surface area contributed by atoms with Crippen LogP contribution in [0.15, 0.2) is 53.6 Å². The summed E-state index contributed by atoms with van der Waals surface area (Å²) in [6.07, 6.45) is 7.59. The van der Waals surface area contributed by atoms with E-state index in [1.54, 1.807) is 12.1 Å². The van der Waals surface area contributed by atoms with Crippen LogP contribution < -0.4 is 10.2 Å². The van der Waals surface area contributed by atoms with Crippen molar-refractivity contribution in [2.24, 2.45) is 5.10 Å². The molecule has 0 aliphatic heterocycles. The highest BCUT2D eigenvalue weighted by Gasteiger charge is 2.15. The van der Waals surface area contributed by atoms with Gasteiger partial charge in [-0.3, -0.25) is 4.79 Å². The van der Waals surface area contributed by atoms with E-state index < -0.39 is 0 Å². The fourth-order valence-electron chi connectivity index (χ4n) is 3.62. The molecular formula is C24H30N2O2. The molecule has 2 aromatic carbocycles. The minimum atomic E-state index is -0.222. The van der Waals surface area contributed by atoms with Crippen LogP contribution in [0.2, 0.25) is 0 Å². The molecular weight excluding hydrogens is 348 g/mol. The van der Waals surface area contributed by atoms with Crippen LogP contribution in [0.3, 0.4) is 0 Å². The van der Waals surface area contributed by atoms with Crippen molar-refractivity contribution in [3.8, 4) is 5.75 Å². The normalized spacial score (nSPS) is 15.3. The molecule has 1 amide bonds. The number of hydrogen-bond acceptors (Lipinski definition) is 3. The van der Waals surface area contributed by atoms with Gasteiger partial charge in [0, 0.05) is 5.56 Å². The van der Waals surface area contributed by atoms with Crippen LogP contribution in [0.4, 0.5) is 0 Å². The van der Waals surface area contributed by atoms with Crippen molar-refractivity contribution >= 4 is 11.6 Å². The number of carbonyl (C=O) groups is 1. The third-order valence-corrected chi connectivity index (χ3v) is 5.32. The van der Waals surface area contributed by atoms with Crippen molar-refractivity contribution in [1.29, 1.82) is 0 Å². The average molecular weight is 379 g/mol. The molecule has 28 heavy (non-hydrogen) atoms. The molecule has 1 aliphatic rings. The first-order valence-electron chi connectivity index (χ1n) is 10.3. The molecule has 0 atom stereocenters. The maximum Gasteiger partial charge on any atom is 0.271 e. The minimum Gasteiger partial charge on any atom is -0.494 e. The summed E-state index contributed by atoms with van der Waals surface area (Å²) in [7, 11) is 0. The number of nitrogens with one attached hydrogen (secondary N) is 1. The molecule has 1 N–H and O–H groups in total. The number of hydrazone groups is 1. The van der Waals surface area contributed by atoms with Gasteiger partial charge in [0.2, 0.25) is 0 Å². The number of benzene rings is 2. The van der Waals surface area contributed by atoms with E-state index in [1.165, 1.54) is 37.7 Å². The number of rotatable bonds is 7. The first kappa shape index (κ1) is 20.1. The monoisotopic (exact) mass is 378 g/mol. The first-order valence-corrected chi connectivity index (χ1v) is 10.3. The standard InChI is InChI=1S/C24H30N2O2/c1-3-17-28-23-15-13-22(14-16-23)24(27)26-25-18(2)19-9-11-21(12-10-19)20-7-5-4-6-8-20/h9-16,20H,3-8,17H2,1-2H3,(H,26,27)/b25-18+. The molecule has 4 nitrogen and oxygen atoms in total. The van der Waals surface area contributed by atoms with E-state index in [0.717, 1.165) is 23.4 Å². The van der Waals surface area contributed by atoms with E-state index in [2.05, 4.69) is 41.7 Å². The van der Waals surface area contributed by atoms with E-state index >= 15 is 0 Å². The van der Waals surface area contributed by atoms with Crippen LogP contribution in [0, 0.1) is 0 Å². The predicted molar refractivity (Wildman–Crippen MR) is 114 cm³/mol. The van der Waals surface area contributed by atoms with Crippen molar-refractivity contribution in [1.82, 2.24) is 5.43 Å². The van der Waals surface area contributed by atoms with Gasteiger partial charge in [-0.2, -0.15) is 5.10 Å². The van der Waals surface area contributed by atoms with Crippen molar-refractivity contribution in [3.63, 3.8) is 0 Å². The number of carbonyl (C=O) groups excluding carboxylic acids is 1. The lowest BCUT2D eigenvalue weighted by atomic mass is 9.84. The number of hydrogen-bond donors (Lipinski definition) is 1. The maximum absolute atomic E-state index is 12.3. The molecule has 0 unspecified atom stereocenters. The van der Waals surface area contributed by atoms with Crippen LogP contribution in [0.5, 0.6) is 5.75 Å². The Hall–Kier alpha value is -2.62. The zero-order valence-corrected chi connectivity index (χ0v) is 16.9. The molecule has 0 bridgehead atoms. The average Bonchev–Trinajstić information content (AvgIpc) is 2.77. The Labute approximate surface area is 168 Å². The van der Waals surface area contributed by atoms with Crippen LogP contribution in [0.1, 0.15) is 79.8 Å². The highest BCUT2D eigenvalue weighted by molar-refractivity contribution is 6.00. The van der Waals surface area contributed by atoms with E-state index in [4.69, 9.17) is 4.74 Å². The Kier molecular flexibility index (Phi) is 7.24. The van der Waals surface area contributed by atoms with Gasteiger partial charge in [-0.15, -0.1) is 0 Å². The maximum atomic E-state index is 12.3. The third kappa shape index (κ3) is 5.44. The van der Waals surface area contributed by atoms with Crippen molar-refractivity contribution in [2.75, 3.05) is 6.61 Å². The Morgan fingerprint density at radius 3 is 2.29 bits per heavy atom. The molecule has 4 heteroatoms. The van der Waals surface area contributed by atoms with Gasteiger partial charge in [-0.1, -0.05) is 50.5 Å². The Morgan fingerprint density at radius 2 is 1.64 bits per heavy atom. The topological polar surface area (TPSA) is 50.7 Å². The van der Waals surface area contributed by atoms with Gasteiger partial charge in [0.15, 0.2) is 0 Å². The van der Waals surface area contributed by atoms with E-state index in [-0.39, 0.29) is 5.91 Å². The smallest absolute Gasteiger partial charge is 0.271 e. The van der Waals surface area contributed by atoms with Gasteiger partial charge in [-0.25, -0.2) is 5.43 Å². The molecule has 2 aromatic rings. The van der Waals surface area contributed by atoms with Crippen molar-refractivity contribution < 1.29 is 9.53 Å². The number of ether oxygens (including phenoxy) is 1. The van der Waals surface area contributed by atoms with Crippen LogP contribution >= 0.6 is 0 Å². The Morgan fingerprint density at radius 1 is 1.00 bits per heavy atom. The highest BCUT2D eigenvalue weighted by atomic mass is 16.5. The lowest BCUT2D eigenvalue weighted by Crippen LogP contribution is -2.19. The minimum absolute atomic E-state index is 0.222. The van der Waals surface area contributed by atoms with E-state index in [0.29, 0.717) is 18.1 Å². The Balaban J connectivity index is 1.57. The van der Waals surface area contributed by atoms with Gasteiger partial charge in [0.1, 0.15) is 5.75 Å². The summed E-state index contributed by atoms with van der Waals surface area (Å²) >= 11 is 0. The zero-order chi connectivity index (χ0) is 19.8. The molecule has 1 aliphatic carbocycles. The molecule has 0 spiro atoms. The quantitative estimate of drug-likeness (QED) is 0.498. The van der Waals surface area contributed by atoms with E-state index in [1.807, 2.05) is 19.1 Å². The van der Waals surface area contributed by atoms with Crippen LogP contribution in [0.25, 0.3) is 0 Å². The zero-order valence-electron chi connectivity index (χ0n) is 16.9. The molecule has 0 saturated heterocycles. The Bertz CT molecular complexity index is 788. The number of amides is 1. The second kappa shape index (κ2) is 10.1. The molecule has 1 saturated carbocycles. The molecule has 1 fully saturated rings. The predicted octanol–water partition coefficient (Wildman–Crippen LogP) is 5.68. The van der Waals surface area contributed by atoms with Crippen molar-refractivity contribution in [3.05, 3.63) is 65.2 Å².